The third-order valence-electron chi connectivity index (χ3n) is 3.37. The number of ether oxygens (including phenoxy) is 1. The van der Waals surface area contributed by atoms with Gasteiger partial charge in [0.25, 0.3) is 5.91 Å². The number of thiocarbonyl (C=S) groups is 1. The molecular formula is C17H16N2O5S. The van der Waals surface area contributed by atoms with Gasteiger partial charge >= 0.3 is 5.97 Å². The first-order chi connectivity index (χ1) is 11.8. The maximum absolute atomic E-state index is 12.3. The van der Waals surface area contributed by atoms with Crippen molar-refractivity contribution < 1.29 is 24.5 Å². The lowest BCUT2D eigenvalue weighted by molar-refractivity contribution is 0.0693. The average Bonchev–Trinajstić information content (AvgIpc) is 2.57. The summed E-state index contributed by atoms with van der Waals surface area (Å²) in [6.45, 7) is 1.56. The van der Waals surface area contributed by atoms with Gasteiger partial charge in [-0.25, -0.2) is 4.79 Å². The highest BCUT2D eigenvalue weighted by Crippen LogP contribution is 2.26. The molecule has 0 atom stereocenters. The Kier molecular flexibility index (Phi) is 5.56. The van der Waals surface area contributed by atoms with Gasteiger partial charge in [-0.05, 0) is 49.0 Å². The Morgan fingerprint density at radius 3 is 2.48 bits per heavy atom. The molecule has 0 aliphatic rings. The van der Waals surface area contributed by atoms with Crippen LogP contribution in [0.3, 0.4) is 0 Å². The molecule has 7 nitrogen and oxygen atoms in total. The van der Waals surface area contributed by atoms with Crippen molar-refractivity contribution in [2.45, 2.75) is 6.92 Å². The van der Waals surface area contributed by atoms with E-state index in [0.717, 1.165) is 0 Å². The Morgan fingerprint density at radius 1 is 1.16 bits per heavy atom. The summed E-state index contributed by atoms with van der Waals surface area (Å²) in [6, 6.07) is 9.41. The highest BCUT2D eigenvalue weighted by molar-refractivity contribution is 7.80. The number of rotatable bonds is 4. The molecular weight excluding hydrogens is 344 g/mol. The van der Waals surface area contributed by atoms with Gasteiger partial charge < -0.3 is 20.3 Å². The van der Waals surface area contributed by atoms with Crippen molar-refractivity contribution in [2.75, 3.05) is 12.4 Å². The predicted octanol–water partition coefficient (Wildman–Crippen LogP) is 2.53. The molecule has 2 rings (SSSR count). The minimum absolute atomic E-state index is 0.0164. The molecule has 0 heterocycles. The SMILES string of the molecule is COc1ccccc1C(=O)NC(=S)Nc1cc(C)c(O)c(C(=O)O)c1. The standard InChI is InChI=1S/C17H16N2O5S/c1-9-7-10(8-12(14(9)20)16(22)23)18-17(25)19-15(21)11-5-3-4-6-13(11)24-2/h3-8,20H,1-2H3,(H,22,23)(H2,18,19,21,25). The van der Waals surface area contributed by atoms with Crippen LogP contribution < -0.4 is 15.4 Å². The van der Waals surface area contributed by atoms with Crippen molar-refractivity contribution in [3.05, 3.63) is 53.1 Å². The van der Waals surface area contributed by atoms with Crippen LogP contribution in [-0.2, 0) is 0 Å². The van der Waals surface area contributed by atoms with Gasteiger partial charge in [-0.3, -0.25) is 10.1 Å². The van der Waals surface area contributed by atoms with E-state index >= 15 is 0 Å². The molecule has 4 N–H and O–H groups in total. The highest BCUT2D eigenvalue weighted by Gasteiger charge is 2.16. The summed E-state index contributed by atoms with van der Waals surface area (Å²) >= 11 is 5.08. The number of aromatic hydroxyl groups is 1. The van der Waals surface area contributed by atoms with Crippen molar-refractivity contribution in [3.8, 4) is 11.5 Å². The number of anilines is 1. The molecule has 130 valence electrons. The fraction of sp³-hybridized carbons (Fsp3) is 0.118. The van der Waals surface area contributed by atoms with Gasteiger partial charge in [0, 0.05) is 5.69 Å². The van der Waals surface area contributed by atoms with Gasteiger partial charge in [0.2, 0.25) is 0 Å². The second-order valence-electron chi connectivity index (χ2n) is 5.10. The number of para-hydroxylation sites is 1. The summed E-state index contributed by atoms with van der Waals surface area (Å²) in [5.74, 6) is -1.66. The largest absolute Gasteiger partial charge is 0.507 e. The zero-order chi connectivity index (χ0) is 18.6. The highest BCUT2D eigenvalue weighted by atomic mass is 32.1. The smallest absolute Gasteiger partial charge is 0.339 e. The van der Waals surface area contributed by atoms with Crippen LogP contribution >= 0.6 is 12.2 Å². The van der Waals surface area contributed by atoms with Crippen LogP contribution in [0.1, 0.15) is 26.3 Å². The molecule has 0 saturated heterocycles. The Hall–Kier alpha value is -3.13. The lowest BCUT2D eigenvalue weighted by Gasteiger charge is -2.13. The number of carbonyl (C=O) groups excluding carboxylic acids is 1. The molecule has 2 aromatic rings. The number of aromatic carboxylic acids is 1. The number of amides is 1. The Balaban J connectivity index is 2.15. The zero-order valence-corrected chi connectivity index (χ0v) is 14.3. The molecule has 0 fully saturated rings. The van der Waals surface area contributed by atoms with Crippen LogP contribution in [0.25, 0.3) is 0 Å². The minimum atomic E-state index is -1.27. The minimum Gasteiger partial charge on any atom is -0.507 e. The van der Waals surface area contributed by atoms with E-state index in [-0.39, 0.29) is 16.4 Å². The number of carboxylic acids is 1. The maximum atomic E-state index is 12.3. The third kappa shape index (κ3) is 4.24. The van der Waals surface area contributed by atoms with Crippen LogP contribution in [-0.4, -0.2) is 34.3 Å². The summed E-state index contributed by atoms with van der Waals surface area (Å²) in [5.41, 5.74) is 0.739. The van der Waals surface area contributed by atoms with Gasteiger partial charge in [-0.15, -0.1) is 0 Å². The third-order valence-corrected chi connectivity index (χ3v) is 3.57. The lowest BCUT2D eigenvalue weighted by Crippen LogP contribution is -2.34. The first-order valence-corrected chi connectivity index (χ1v) is 7.56. The molecule has 0 spiro atoms. The van der Waals surface area contributed by atoms with Crippen molar-refractivity contribution >= 4 is 34.9 Å². The molecule has 0 unspecified atom stereocenters. The summed E-state index contributed by atoms with van der Waals surface area (Å²) in [4.78, 5) is 23.4. The quantitative estimate of drug-likeness (QED) is 0.490. The van der Waals surface area contributed by atoms with Gasteiger partial charge in [-0.2, -0.15) is 0 Å². The van der Waals surface area contributed by atoms with Crippen LogP contribution in [0, 0.1) is 6.92 Å². The Labute approximate surface area is 149 Å². The van der Waals surface area contributed by atoms with Crippen LogP contribution in [0.5, 0.6) is 11.5 Å². The first kappa shape index (κ1) is 18.2. The summed E-state index contributed by atoms with van der Waals surface area (Å²) in [6.07, 6.45) is 0. The summed E-state index contributed by atoms with van der Waals surface area (Å²) in [7, 11) is 1.45. The fourth-order valence-corrected chi connectivity index (χ4v) is 2.39. The van der Waals surface area contributed by atoms with E-state index < -0.39 is 11.9 Å². The second-order valence-corrected chi connectivity index (χ2v) is 5.51. The van der Waals surface area contributed by atoms with Gasteiger partial charge in [-0.1, -0.05) is 12.1 Å². The van der Waals surface area contributed by atoms with Crippen LogP contribution in [0.15, 0.2) is 36.4 Å². The molecule has 0 aromatic heterocycles. The number of aryl methyl sites for hydroxylation is 1. The fourth-order valence-electron chi connectivity index (χ4n) is 2.18. The molecule has 0 radical (unpaired) electrons. The summed E-state index contributed by atoms with van der Waals surface area (Å²) in [5, 5.41) is 24.1. The van der Waals surface area contributed by atoms with Crippen molar-refractivity contribution in [3.63, 3.8) is 0 Å². The monoisotopic (exact) mass is 360 g/mol. The first-order valence-electron chi connectivity index (χ1n) is 7.15. The predicted molar refractivity (Wildman–Crippen MR) is 96.5 cm³/mol. The number of benzene rings is 2. The molecule has 0 bridgehead atoms. The zero-order valence-electron chi connectivity index (χ0n) is 13.5. The molecule has 25 heavy (non-hydrogen) atoms. The van der Waals surface area contributed by atoms with E-state index in [2.05, 4.69) is 10.6 Å². The van der Waals surface area contributed by atoms with E-state index in [0.29, 0.717) is 22.6 Å². The van der Waals surface area contributed by atoms with Crippen LogP contribution in [0.2, 0.25) is 0 Å². The number of hydrogen-bond acceptors (Lipinski definition) is 5. The van der Waals surface area contributed by atoms with Crippen molar-refractivity contribution in [2.24, 2.45) is 0 Å². The Bertz CT molecular complexity index is 851. The second kappa shape index (κ2) is 7.63. The summed E-state index contributed by atoms with van der Waals surface area (Å²) < 4.78 is 5.12. The molecule has 0 aliphatic heterocycles. The average molecular weight is 360 g/mol. The lowest BCUT2D eigenvalue weighted by atomic mass is 10.1. The molecule has 0 aliphatic carbocycles. The van der Waals surface area contributed by atoms with E-state index in [9.17, 15) is 14.7 Å². The van der Waals surface area contributed by atoms with Gasteiger partial charge in [0.15, 0.2) is 5.11 Å². The van der Waals surface area contributed by atoms with Gasteiger partial charge in [0.05, 0.1) is 12.7 Å². The number of carbonyl (C=O) groups is 2. The molecule has 1 amide bonds. The van der Waals surface area contributed by atoms with Crippen LogP contribution in [0.4, 0.5) is 5.69 Å². The molecule has 0 saturated carbocycles. The number of phenols is 1. The number of hydrogen-bond donors (Lipinski definition) is 4. The number of carboxylic acid groups (broad SMARTS) is 1. The normalized spacial score (nSPS) is 10.0. The van der Waals surface area contributed by atoms with Crippen molar-refractivity contribution in [1.29, 1.82) is 0 Å². The Morgan fingerprint density at radius 2 is 1.84 bits per heavy atom. The molecule has 2 aromatic carbocycles. The van der Waals surface area contributed by atoms with E-state index in [4.69, 9.17) is 22.1 Å². The van der Waals surface area contributed by atoms with Gasteiger partial charge in [0.1, 0.15) is 17.1 Å². The van der Waals surface area contributed by atoms with E-state index in [1.165, 1.54) is 19.2 Å². The topological polar surface area (TPSA) is 108 Å². The van der Waals surface area contributed by atoms with E-state index in [1.807, 2.05) is 0 Å². The maximum Gasteiger partial charge on any atom is 0.339 e. The number of methoxy groups -OCH3 is 1. The molecule has 8 heteroatoms. The van der Waals surface area contributed by atoms with Crippen molar-refractivity contribution in [1.82, 2.24) is 5.32 Å². The number of nitrogens with one attached hydrogen (secondary N) is 2. The van der Waals surface area contributed by atoms with E-state index in [1.54, 1.807) is 31.2 Å².